The number of rotatable bonds is 4. The molecule has 0 saturated carbocycles. The van der Waals surface area contributed by atoms with E-state index in [4.69, 9.17) is 5.73 Å². The van der Waals surface area contributed by atoms with Crippen LogP contribution in [0.5, 0.6) is 0 Å². The Morgan fingerprint density at radius 2 is 2.27 bits per heavy atom. The predicted molar refractivity (Wildman–Crippen MR) is 58.4 cm³/mol. The van der Waals surface area contributed by atoms with E-state index in [1.54, 1.807) is 13.1 Å². The summed E-state index contributed by atoms with van der Waals surface area (Å²) in [5.74, 6) is 0.864. The van der Waals surface area contributed by atoms with Gasteiger partial charge in [0.25, 0.3) is 0 Å². The largest absolute Gasteiger partial charge is 0.369 e. The van der Waals surface area contributed by atoms with Gasteiger partial charge in [-0.1, -0.05) is 0 Å². The van der Waals surface area contributed by atoms with Crippen LogP contribution in [0.4, 0.5) is 11.8 Å². The average molecular weight is 209 g/mol. The van der Waals surface area contributed by atoms with Crippen molar-refractivity contribution in [2.24, 2.45) is 0 Å². The number of aromatic nitrogens is 2. The van der Waals surface area contributed by atoms with Crippen molar-refractivity contribution in [3.05, 3.63) is 11.8 Å². The Balaban J connectivity index is 2.47. The standard InChI is InChI=1S/C9H15N5O/c1-6-5-7(14-9(10)13-6)12-4-3-8(15)11-2/h5H,3-4H2,1-2H3,(H,11,15)(H3,10,12,13,14). The van der Waals surface area contributed by atoms with Crippen molar-refractivity contribution in [2.45, 2.75) is 13.3 Å². The number of anilines is 2. The number of nitrogens with two attached hydrogens (primary N) is 1. The van der Waals surface area contributed by atoms with E-state index in [0.29, 0.717) is 18.8 Å². The van der Waals surface area contributed by atoms with Crippen LogP contribution in [0, 0.1) is 6.92 Å². The number of amides is 1. The first-order valence-electron chi connectivity index (χ1n) is 4.67. The van der Waals surface area contributed by atoms with Crippen molar-refractivity contribution in [1.29, 1.82) is 0 Å². The molecule has 0 unspecified atom stereocenters. The number of carbonyl (C=O) groups excluding carboxylic acids is 1. The van der Waals surface area contributed by atoms with Crippen molar-refractivity contribution in [2.75, 3.05) is 24.6 Å². The first kappa shape index (κ1) is 11.2. The zero-order valence-electron chi connectivity index (χ0n) is 8.87. The van der Waals surface area contributed by atoms with Crippen LogP contribution in [0.25, 0.3) is 0 Å². The minimum atomic E-state index is -0.0127. The Hall–Kier alpha value is -1.85. The van der Waals surface area contributed by atoms with Gasteiger partial charge in [0.2, 0.25) is 11.9 Å². The van der Waals surface area contributed by atoms with E-state index in [1.165, 1.54) is 0 Å². The Morgan fingerprint density at radius 3 is 2.87 bits per heavy atom. The molecule has 1 heterocycles. The first-order valence-corrected chi connectivity index (χ1v) is 4.67. The van der Waals surface area contributed by atoms with Crippen molar-refractivity contribution < 1.29 is 4.79 Å². The molecular weight excluding hydrogens is 194 g/mol. The second-order valence-corrected chi connectivity index (χ2v) is 3.10. The van der Waals surface area contributed by atoms with Gasteiger partial charge >= 0.3 is 0 Å². The van der Waals surface area contributed by atoms with E-state index in [9.17, 15) is 4.79 Å². The van der Waals surface area contributed by atoms with Gasteiger partial charge < -0.3 is 16.4 Å². The summed E-state index contributed by atoms with van der Waals surface area (Å²) in [6.07, 6.45) is 0.402. The van der Waals surface area contributed by atoms with Crippen molar-refractivity contribution in [3.63, 3.8) is 0 Å². The second-order valence-electron chi connectivity index (χ2n) is 3.10. The zero-order chi connectivity index (χ0) is 11.3. The summed E-state index contributed by atoms with van der Waals surface area (Å²) in [5, 5.41) is 5.54. The highest BCUT2D eigenvalue weighted by atomic mass is 16.1. The lowest BCUT2D eigenvalue weighted by molar-refractivity contribution is -0.120. The first-order chi connectivity index (χ1) is 7.11. The van der Waals surface area contributed by atoms with E-state index in [-0.39, 0.29) is 11.9 Å². The van der Waals surface area contributed by atoms with E-state index in [1.807, 2.05) is 6.92 Å². The molecule has 1 amide bonds. The van der Waals surface area contributed by atoms with Gasteiger partial charge in [0.1, 0.15) is 5.82 Å². The summed E-state index contributed by atoms with van der Waals surface area (Å²) in [6, 6.07) is 1.78. The van der Waals surface area contributed by atoms with Crippen LogP contribution >= 0.6 is 0 Å². The summed E-state index contributed by atoms with van der Waals surface area (Å²) in [6.45, 7) is 2.36. The maximum absolute atomic E-state index is 10.9. The normalized spacial score (nSPS) is 9.73. The number of hydrogen-bond donors (Lipinski definition) is 3. The maximum Gasteiger partial charge on any atom is 0.222 e. The highest BCUT2D eigenvalue weighted by molar-refractivity contribution is 5.76. The minimum absolute atomic E-state index is 0.0127. The molecule has 82 valence electrons. The van der Waals surface area contributed by atoms with Crippen molar-refractivity contribution in [3.8, 4) is 0 Å². The lowest BCUT2D eigenvalue weighted by Gasteiger charge is -2.05. The lowest BCUT2D eigenvalue weighted by Crippen LogP contribution is -2.21. The van der Waals surface area contributed by atoms with Gasteiger partial charge in [-0.25, -0.2) is 4.98 Å². The molecule has 1 rings (SSSR count). The molecule has 6 heteroatoms. The quantitative estimate of drug-likeness (QED) is 0.644. The summed E-state index contributed by atoms with van der Waals surface area (Å²) < 4.78 is 0. The topological polar surface area (TPSA) is 92.9 Å². The molecule has 0 saturated heterocycles. The second kappa shape index (κ2) is 5.14. The molecular formula is C9H15N5O. The molecule has 0 aliphatic heterocycles. The van der Waals surface area contributed by atoms with Gasteiger partial charge in [-0.05, 0) is 6.92 Å². The van der Waals surface area contributed by atoms with Gasteiger partial charge in [0.15, 0.2) is 0 Å². The van der Waals surface area contributed by atoms with Crippen LogP contribution in [0.15, 0.2) is 6.07 Å². The fourth-order valence-electron chi connectivity index (χ4n) is 1.11. The van der Waals surface area contributed by atoms with Gasteiger partial charge in [-0.3, -0.25) is 4.79 Å². The smallest absolute Gasteiger partial charge is 0.222 e. The van der Waals surface area contributed by atoms with Crippen LogP contribution in [-0.4, -0.2) is 29.5 Å². The van der Waals surface area contributed by atoms with Crippen LogP contribution in [0.1, 0.15) is 12.1 Å². The number of nitrogens with zero attached hydrogens (tertiary/aromatic N) is 2. The van der Waals surface area contributed by atoms with E-state index in [2.05, 4.69) is 20.6 Å². The zero-order valence-corrected chi connectivity index (χ0v) is 8.87. The number of nitrogen functional groups attached to an aromatic ring is 1. The number of nitrogens with one attached hydrogen (secondary N) is 2. The Morgan fingerprint density at radius 1 is 1.53 bits per heavy atom. The molecule has 0 aliphatic rings. The van der Waals surface area contributed by atoms with Gasteiger partial charge in [0, 0.05) is 31.8 Å². The van der Waals surface area contributed by atoms with Gasteiger partial charge in [-0.2, -0.15) is 4.98 Å². The SMILES string of the molecule is CNC(=O)CCNc1cc(C)nc(N)n1. The molecule has 0 aromatic carbocycles. The van der Waals surface area contributed by atoms with Crippen molar-refractivity contribution >= 4 is 17.7 Å². The van der Waals surface area contributed by atoms with Crippen LogP contribution in [-0.2, 0) is 4.79 Å². The third-order valence-electron chi connectivity index (χ3n) is 1.81. The summed E-state index contributed by atoms with van der Waals surface area (Å²) in [7, 11) is 1.61. The Labute approximate surface area is 88.3 Å². The van der Waals surface area contributed by atoms with Gasteiger partial charge in [-0.15, -0.1) is 0 Å². The average Bonchev–Trinajstić information content (AvgIpc) is 2.16. The predicted octanol–water partition coefficient (Wildman–Crippen LogP) is -0.0848. The molecule has 0 radical (unpaired) electrons. The van der Waals surface area contributed by atoms with E-state index < -0.39 is 0 Å². The Bertz CT molecular complexity index is 332. The fraction of sp³-hybridized carbons (Fsp3) is 0.444. The molecule has 1 aromatic heterocycles. The fourth-order valence-corrected chi connectivity index (χ4v) is 1.11. The molecule has 4 N–H and O–H groups in total. The van der Waals surface area contributed by atoms with Gasteiger partial charge in [0.05, 0.1) is 0 Å². The van der Waals surface area contributed by atoms with E-state index in [0.717, 1.165) is 5.69 Å². The molecule has 0 aliphatic carbocycles. The molecule has 0 bridgehead atoms. The highest BCUT2D eigenvalue weighted by Gasteiger charge is 2.00. The number of hydrogen-bond acceptors (Lipinski definition) is 5. The van der Waals surface area contributed by atoms with Crippen LogP contribution in [0.2, 0.25) is 0 Å². The molecule has 6 nitrogen and oxygen atoms in total. The third kappa shape index (κ3) is 3.80. The Kier molecular flexibility index (Phi) is 3.84. The van der Waals surface area contributed by atoms with Crippen LogP contribution < -0.4 is 16.4 Å². The highest BCUT2D eigenvalue weighted by Crippen LogP contribution is 2.06. The molecule has 0 spiro atoms. The monoisotopic (exact) mass is 209 g/mol. The lowest BCUT2D eigenvalue weighted by atomic mass is 10.4. The molecule has 15 heavy (non-hydrogen) atoms. The van der Waals surface area contributed by atoms with Crippen molar-refractivity contribution in [1.82, 2.24) is 15.3 Å². The summed E-state index contributed by atoms with van der Waals surface area (Å²) in [4.78, 5) is 18.8. The van der Waals surface area contributed by atoms with E-state index >= 15 is 0 Å². The van der Waals surface area contributed by atoms with Crippen LogP contribution in [0.3, 0.4) is 0 Å². The molecule has 0 atom stereocenters. The summed E-state index contributed by atoms with van der Waals surface area (Å²) >= 11 is 0. The number of aryl methyl sites for hydroxylation is 1. The summed E-state index contributed by atoms with van der Waals surface area (Å²) in [5.41, 5.74) is 6.27. The maximum atomic E-state index is 10.9. The molecule has 1 aromatic rings. The third-order valence-corrected chi connectivity index (χ3v) is 1.81. The number of carbonyl (C=O) groups is 1. The molecule has 0 fully saturated rings. The minimum Gasteiger partial charge on any atom is -0.369 e.